The number of carbonyl (C=O) groups is 2. The van der Waals surface area contributed by atoms with E-state index in [4.69, 9.17) is 5.11 Å². The van der Waals surface area contributed by atoms with E-state index in [0.29, 0.717) is 6.42 Å². The van der Waals surface area contributed by atoms with Gasteiger partial charge in [-0.2, -0.15) is 0 Å². The fraction of sp³-hybridized carbons (Fsp3) is 0.778. The van der Waals surface area contributed by atoms with Crippen LogP contribution < -0.4 is 5.32 Å². The van der Waals surface area contributed by atoms with E-state index in [0.717, 1.165) is 13.0 Å². The molecule has 0 rings (SSSR count). The number of Topliss-reactive ketones (excluding diaryl/α,β-unsaturated/α-hetero) is 1. The second kappa shape index (κ2) is 6.60. The second-order valence-electron chi connectivity index (χ2n) is 3.05. The molecule has 0 aliphatic heterocycles. The van der Waals surface area contributed by atoms with Gasteiger partial charge >= 0.3 is 5.97 Å². The lowest BCUT2D eigenvalue weighted by molar-refractivity contribution is -0.137. The number of rotatable bonds is 7. The summed E-state index contributed by atoms with van der Waals surface area (Å²) in [5.74, 6) is -0.848. The molecule has 0 heterocycles. The van der Waals surface area contributed by atoms with Crippen LogP contribution in [0, 0.1) is 0 Å². The van der Waals surface area contributed by atoms with Gasteiger partial charge in [-0.15, -0.1) is 0 Å². The molecule has 2 N–H and O–H groups in total. The molecule has 0 aliphatic rings. The van der Waals surface area contributed by atoms with E-state index in [-0.39, 0.29) is 18.2 Å². The van der Waals surface area contributed by atoms with Gasteiger partial charge in [-0.05, 0) is 26.3 Å². The molecule has 1 atom stereocenters. The second-order valence-corrected chi connectivity index (χ2v) is 3.05. The van der Waals surface area contributed by atoms with Crippen molar-refractivity contribution in [3.05, 3.63) is 0 Å². The van der Waals surface area contributed by atoms with E-state index >= 15 is 0 Å². The van der Waals surface area contributed by atoms with Crippen molar-refractivity contribution in [1.29, 1.82) is 0 Å². The molecule has 0 radical (unpaired) electrons. The zero-order valence-corrected chi connectivity index (χ0v) is 8.17. The van der Waals surface area contributed by atoms with Gasteiger partial charge in [0.2, 0.25) is 0 Å². The minimum absolute atomic E-state index is 0.00898. The Balaban J connectivity index is 3.80. The van der Waals surface area contributed by atoms with Crippen molar-refractivity contribution >= 4 is 11.8 Å². The van der Waals surface area contributed by atoms with E-state index in [1.54, 1.807) is 0 Å². The number of aliphatic carboxylic acids is 1. The van der Waals surface area contributed by atoms with E-state index in [1.165, 1.54) is 6.92 Å². The molecule has 0 aromatic rings. The standard InChI is InChI=1S/C9H17NO3/c1-3-6-10-8(7(2)11)4-5-9(12)13/h8,10H,3-6H2,1-2H3,(H,12,13)/t8-/m1/s1. The van der Waals surface area contributed by atoms with Gasteiger partial charge in [0.15, 0.2) is 0 Å². The number of carboxylic acid groups (broad SMARTS) is 1. The first-order chi connectivity index (χ1) is 6.07. The Hall–Kier alpha value is -0.900. The van der Waals surface area contributed by atoms with E-state index in [9.17, 15) is 9.59 Å². The summed E-state index contributed by atoms with van der Waals surface area (Å²) in [4.78, 5) is 21.3. The van der Waals surface area contributed by atoms with Crippen molar-refractivity contribution in [2.45, 2.75) is 39.2 Å². The molecular weight excluding hydrogens is 170 g/mol. The third-order valence-electron chi connectivity index (χ3n) is 1.78. The van der Waals surface area contributed by atoms with Gasteiger partial charge in [-0.1, -0.05) is 6.92 Å². The van der Waals surface area contributed by atoms with Crippen molar-refractivity contribution in [1.82, 2.24) is 5.32 Å². The smallest absolute Gasteiger partial charge is 0.303 e. The predicted octanol–water partition coefficient (Wildman–Crippen LogP) is 0.808. The Morgan fingerprint density at radius 2 is 2.08 bits per heavy atom. The van der Waals surface area contributed by atoms with Crippen molar-refractivity contribution in [3.63, 3.8) is 0 Å². The molecule has 0 fully saturated rings. The Bertz CT molecular complexity index is 180. The first-order valence-electron chi connectivity index (χ1n) is 4.53. The highest BCUT2D eigenvalue weighted by Crippen LogP contribution is 1.98. The molecule has 0 spiro atoms. The minimum Gasteiger partial charge on any atom is -0.481 e. The van der Waals surface area contributed by atoms with Gasteiger partial charge in [0.25, 0.3) is 0 Å². The highest BCUT2D eigenvalue weighted by atomic mass is 16.4. The highest BCUT2D eigenvalue weighted by Gasteiger charge is 2.13. The highest BCUT2D eigenvalue weighted by molar-refractivity contribution is 5.82. The van der Waals surface area contributed by atoms with Crippen LogP contribution in [0.5, 0.6) is 0 Å². The molecule has 0 unspecified atom stereocenters. The van der Waals surface area contributed by atoms with Gasteiger partial charge in [0.05, 0.1) is 6.04 Å². The van der Waals surface area contributed by atoms with Crippen LogP contribution in [0.25, 0.3) is 0 Å². The Morgan fingerprint density at radius 3 is 2.46 bits per heavy atom. The lowest BCUT2D eigenvalue weighted by Crippen LogP contribution is -2.36. The normalized spacial score (nSPS) is 12.5. The Kier molecular flexibility index (Phi) is 6.14. The fourth-order valence-electron chi connectivity index (χ4n) is 1.04. The maximum Gasteiger partial charge on any atom is 0.303 e. The van der Waals surface area contributed by atoms with Crippen molar-refractivity contribution in [3.8, 4) is 0 Å². The quantitative estimate of drug-likeness (QED) is 0.619. The number of nitrogens with one attached hydrogen (secondary N) is 1. The predicted molar refractivity (Wildman–Crippen MR) is 49.6 cm³/mol. The van der Waals surface area contributed by atoms with Crippen LogP contribution in [0.4, 0.5) is 0 Å². The topological polar surface area (TPSA) is 66.4 Å². The zero-order valence-electron chi connectivity index (χ0n) is 8.17. The van der Waals surface area contributed by atoms with E-state index in [2.05, 4.69) is 5.32 Å². The number of hydrogen-bond acceptors (Lipinski definition) is 3. The van der Waals surface area contributed by atoms with Crippen LogP contribution in [-0.4, -0.2) is 29.4 Å². The molecule has 76 valence electrons. The zero-order chi connectivity index (χ0) is 10.3. The summed E-state index contributed by atoms with van der Waals surface area (Å²) < 4.78 is 0. The van der Waals surface area contributed by atoms with Gasteiger partial charge in [0.1, 0.15) is 5.78 Å². The number of ketones is 1. The third kappa shape index (κ3) is 6.28. The van der Waals surface area contributed by atoms with Crippen LogP contribution >= 0.6 is 0 Å². The molecule has 0 bridgehead atoms. The van der Waals surface area contributed by atoms with Crippen LogP contribution in [0.3, 0.4) is 0 Å². The molecule has 0 amide bonds. The lowest BCUT2D eigenvalue weighted by Gasteiger charge is -2.13. The molecule has 0 aromatic heterocycles. The maximum absolute atomic E-state index is 11.0. The third-order valence-corrected chi connectivity index (χ3v) is 1.78. The monoisotopic (exact) mass is 187 g/mol. The fourth-order valence-corrected chi connectivity index (χ4v) is 1.04. The van der Waals surface area contributed by atoms with Crippen LogP contribution in [-0.2, 0) is 9.59 Å². The molecule has 4 heteroatoms. The molecule has 0 saturated carbocycles. The molecule has 4 nitrogen and oxygen atoms in total. The van der Waals surface area contributed by atoms with Crippen molar-refractivity contribution < 1.29 is 14.7 Å². The summed E-state index contributed by atoms with van der Waals surface area (Å²) in [7, 11) is 0. The summed E-state index contributed by atoms with van der Waals surface area (Å²) in [5.41, 5.74) is 0. The van der Waals surface area contributed by atoms with Gasteiger partial charge in [-0.25, -0.2) is 0 Å². The van der Waals surface area contributed by atoms with Gasteiger partial charge in [0, 0.05) is 6.42 Å². The molecule has 13 heavy (non-hydrogen) atoms. The maximum atomic E-state index is 11.0. The summed E-state index contributed by atoms with van der Waals surface area (Å²) in [6, 6.07) is -0.295. The summed E-state index contributed by atoms with van der Waals surface area (Å²) in [5, 5.41) is 11.4. The van der Waals surface area contributed by atoms with Gasteiger partial charge in [-0.3, -0.25) is 9.59 Å². The SMILES string of the molecule is CCCN[C@H](CCC(=O)O)C(C)=O. The lowest BCUT2D eigenvalue weighted by atomic mass is 10.1. The number of hydrogen-bond donors (Lipinski definition) is 2. The average Bonchev–Trinajstić information content (AvgIpc) is 2.03. The number of carbonyl (C=O) groups excluding carboxylic acids is 1. The summed E-state index contributed by atoms with van der Waals surface area (Å²) in [6.45, 7) is 4.24. The van der Waals surface area contributed by atoms with Crippen LogP contribution in [0.2, 0.25) is 0 Å². The van der Waals surface area contributed by atoms with Crippen molar-refractivity contribution in [2.24, 2.45) is 0 Å². The Labute approximate surface area is 78.3 Å². The van der Waals surface area contributed by atoms with E-state index < -0.39 is 5.97 Å². The molecule has 0 aromatic carbocycles. The Morgan fingerprint density at radius 1 is 1.46 bits per heavy atom. The van der Waals surface area contributed by atoms with Crippen LogP contribution in [0.15, 0.2) is 0 Å². The first-order valence-corrected chi connectivity index (χ1v) is 4.53. The average molecular weight is 187 g/mol. The largest absolute Gasteiger partial charge is 0.481 e. The number of carboxylic acids is 1. The van der Waals surface area contributed by atoms with Crippen molar-refractivity contribution in [2.75, 3.05) is 6.54 Å². The first kappa shape index (κ1) is 12.1. The molecule has 0 saturated heterocycles. The van der Waals surface area contributed by atoms with Crippen LogP contribution in [0.1, 0.15) is 33.1 Å². The molecule has 0 aliphatic carbocycles. The minimum atomic E-state index is -0.857. The van der Waals surface area contributed by atoms with E-state index in [1.807, 2.05) is 6.92 Å². The van der Waals surface area contributed by atoms with Gasteiger partial charge < -0.3 is 10.4 Å². The summed E-state index contributed by atoms with van der Waals surface area (Å²) in [6.07, 6.45) is 1.36. The summed E-state index contributed by atoms with van der Waals surface area (Å²) >= 11 is 0. The molecular formula is C9H17NO3.